The van der Waals surface area contributed by atoms with Gasteiger partial charge >= 0.3 is 0 Å². The Hall–Kier alpha value is -3.05. The standard InChI is InChI=1S/C23H22ClF3N6OS.C2H6/c1-4-11(2)19-14(9-17(25)26)12(3)31-23(32-19)33-35(34)16-10-30-20-13(16)5-6-15(24)18(20)21-22(27)29-8-7-28-21;1-2/h5-8,10-11,17,30H,4,9H2,1-3H3,(H,31,32,33);1-2H3. The van der Waals surface area contributed by atoms with Crippen molar-refractivity contribution in [3.8, 4) is 11.3 Å². The van der Waals surface area contributed by atoms with Crippen LogP contribution >= 0.6 is 11.6 Å². The monoisotopic (exact) mass is 552 g/mol. The summed E-state index contributed by atoms with van der Waals surface area (Å²) in [6, 6.07) is 3.21. The van der Waals surface area contributed by atoms with Gasteiger partial charge in [-0.05, 0) is 25.3 Å². The molecule has 12 heteroatoms. The Bertz CT molecular complexity index is 1410. The van der Waals surface area contributed by atoms with E-state index >= 15 is 0 Å². The van der Waals surface area contributed by atoms with Crippen LogP contribution in [0.3, 0.4) is 0 Å². The molecule has 7 nitrogen and oxygen atoms in total. The van der Waals surface area contributed by atoms with Gasteiger partial charge < -0.3 is 4.98 Å². The Morgan fingerprint density at radius 1 is 1.16 bits per heavy atom. The van der Waals surface area contributed by atoms with E-state index in [0.29, 0.717) is 44.7 Å². The van der Waals surface area contributed by atoms with Crippen molar-refractivity contribution in [1.82, 2.24) is 24.9 Å². The van der Waals surface area contributed by atoms with Crippen LogP contribution in [0, 0.1) is 12.9 Å². The smallest absolute Gasteiger partial charge is 0.242 e. The first-order chi connectivity index (χ1) is 17.7. The topological polar surface area (TPSA) is 96.5 Å². The van der Waals surface area contributed by atoms with Crippen molar-refractivity contribution in [1.29, 1.82) is 0 Å². The third-order valence-corrected chi connectivity index (χ3v) is 7.15. The maximum Gasteiger partial charge on any atom is 0.242 e. The van der Waals surface area contributed by atoms with Crippen LogP contribution in [0.4, 0.5) is 19.1 Å². The highest BCUT2D eigenvalue weighted by molar-refractivity contribution is 7.86. The van der Waals surface area contributed by atoms with E-state index in [9.17, 15) is 17.4 Å². The molecule has 0 aliphatic rings. The van der Waals surface area contributed by atoms with Crippen LogP contribution in [-0.4, -0.2) is 35.6 Å². The van der Waals surface area contributed by atoms with Gasteiger partial charge in [0.25, 0.3) is 0 Å². The van der Waals surface area contributed by atoms with E-state index in [1.807, 2.05) is 27.7 Å². The van der Waals surface area contributed by atoms with Gasteiger partial charge in [-0.2, -0.15) is 4.39 Å². The Kier molecular flexibility index (Phi) is 9.61. The summed E-state index contributed by atoms with van der Waals surface area (Å²) in [6.07, 6.45) is 1.81. The SMILES string of the molecule is CC.CCC(C)c1nc(NS(=O)c2c[nH]c3c(-c4nccnc4F)c(Cl)ccc23)nc(C)c1CC(F)F. The van der Waals surface area contributed by atoms with Crippen molar-refractivity contribution >= 4 is 39.4 Å². The second-order valence-corrected chi connectivity index (χ2v) is 9.55. The van der Waals surface area contributed by atoms with Gasteiger partial charge in [0.15, 0.2) is 11.0 Å². The Balaban J connectivity index is 0.00000186. The zero-order chi connectivity index (χ0) is 27.3. The van der Waals surface area contributed by atoms with Crippen LogP contribution in [-0.2, 0) is 17.4 Å². The summed E-state index contributed by atoms with van der Waals surface area (Å²) in [4.78, 5) is 19.7. The highest BCUT2D eigenvalue weighted by atomic mass is 35.5. The summed E-state index contributed by atoms with van der Waals surface area (Å²) in [7, 11) is -1.83. The van der Waals surface area contributed by atoms with Gasteiger partial charge in [-0.15, -0.1) is 0 Å². The zero-order valence-corrected chi connectivity index (χ0v) is 22.6. The fourth-order valence-electron chi connectivity index (χ4n) is 3.83. The predicted octanol–water partition coefficient (Wildman–Crippen LogP) is 7.00. The molecule has 3 aromatic heterocycles. The van der Waals surface area contributed by atoms with Crippen molar-refractivity contribution in [3.63, 3.8) is 0 Å². The molecule has 0 spiro atoms. The molecule has 2 unspecified atom stereocenters. The van der Waals surface area contributed by atoms with Crippen LogP contribution in [0.15, 0.2) is 35.6 Å². The molecule has 2 N–H and O–H groups in total. The number of aryl methyl sites for hydroxylation is 1. The van der Waals surface area contributed by atoms with Gasteiger partial charge in [0.2, 0.25) is 18.3 Å². The molecular formula is C25H28ClF3N6OS. The minimum absolute atomic E-state index is 0.0398. The summed E-state index contributed by atoms with van der Waals surface area (Å²) >= 11 is 6.34. The van der Waals surface area contributed by atoms with Gasteiger partial charge in [0.1, 0.15) is 5.69 Å². The number of hydrogen-bond donors (Lipinski definition) is 2. The number of benzene rings is 1. The number of alkyl halides is 2. The number of fused-ring (bicyclic) bond motifs is 1. The maximum atomic E-state index is 14.3. The molecular weight excluding hydrogens is 525 g/mol. The molecule has 4 aromatic rings. The average molecular weight is 553 g/mol. The minimum Gasteiger partial charge on any atom is -0.359 e. The van der Waals surface area contributed by atoms with E-state index in [1.165, 1.54) is 18.6 Å². The van der Waals surface area contributed by atoms with Crippen LogP contribution in [0.2, 0.25) is 5.02 Å². The number of H-pyrrole nitrogens is 1. The zero-order valence-electron chi connectivity index (χ0n) is 21.1. The molecule has 0 saturated heterocycles. The first kappa shape index (κ1) is 28.5. The molecule has 0 saturated carbocycles. The lowest BCUT2D eigenvalue weighted by molar-refractivity contribution is 0.148. The van der Waals surface area contributed by atoms with E-state index in [4.69, 9.17) is 11.6 Å². The van der Waals surface area contributed by atoms with Crippen molar-refractivity contribution in [2.45, 2.75) is 64.7 Å². The van der Waals surface area contributed by atoms with Crippen LogP contribution in [0.1, 0.15) is 57.0 Å². The number of hydrogen-bond acceptors (Lipinski definition) is 5. The van der Waals surface area contributed by atoms with Gasteiger partial charge in [0.05, 0.1) is 21.1 Å². The molecule has 3 heterocycles. The molecule has 0 amide bonds. The highest BCUT2D eigenvalue weighted by Gasteiger charge is 2.22. The van der Waals surface area contributed by atoms with Gasteiger partial charge in [0, 0.05) is 47.2 Å². The first-order valence-corrected chi connectivity index (χ1v) is 13.3. The number of halogens is 4. The Labute approximate surface area is 220 Å². The molecule has 0 aliphatic carbocycles. The second kappa shape index (κ2) is 12.5. The number of rotatable bonds is 8. The Morgan fingerprint density at radius 3 is 2.51 bits per heavy atom. The lowest BCUT2D eigenvalue weighted by Crippen LogP contribution is -2.15. The van der Waals surface area contributed by atoms with Crippen LogP contribution in [0.25, 0.3) is 22.2 Å². The number of nitrogens with one attached hydrogen (secondary N) is 2. The summed E-state index contributed by atoms with van der Waals surface area (Å²) in [5.74, 6) is -0.806. The quantitative estimate of drug-likeness (QED) is 0.245. The normalized spacial score (nSPS) is 12.8. The van der Waals surface area contributed by atoms with Crippen molar-refractivity contribution in [3.05, 3.63) is 58.6 Å². The number of anilines is 1. The van der Waals surface area contributed by atoms with E-state index in [1.54, 1.807) is 19.1 Å². The predicted molar refractivity (Wildman–Crippen MR) is 141 cm³/mol. The van der Waals surface area contributed by atoms with Crippen LogP contribution < -0.4 is 4.72 Å². The van der Waals surface area contributed by atoms with Crippen molar-refractivity contribution in [2.75, 3.05) is 4.72 Å². The minimum atomic E-state index is -2.53. The van der Waals surface area contributed by atoms with E-state index in [-0.39, 0.29) is 22.6 Å². The van der Waals surface area contributed by atoms with Gasteiger partial charge in [-0.1, -0.05) is 45.4 Å². The van der Waals surface area contributed by atoms with Crippen molar-refractivity contribution < 1.29 is 17.4 Å². The lowest BCUT2D eigenvalue weighted by Gasteiger charge is -2.17. The fourth-order valence-corrected chi connectivity index (χ4v) is 4.98. The third-order valence-electron chi connectivity index (χ3n) is 5.73. The maximum absolute atomic E-state index is 14.3. The highest BCUT2D eigenvalue weighted by Crippen LogP contribution is 2.36. The molecule has 0 aliphatic heterocycles. The average Bonchev–Trinajstić information content (AvgIpc) is 3.31. The third kappa shape index (κ3) is 6.10. The summed E-state index contributed by atoms with van der Waals surface area (Å²) < 4.78 is 56.6. The fraction of sp³-hybridized carbons (Fsp3) is 0.360. The number of aromatic nitrogens is 5. The molecule has 4 rings (SSSR count). The summed E-state index contributed by atoms with van der Waals surface area (Å²) in [5.41, 5.74) is 2.00. The molecule has 2 atom stereocenters. The molecule has 1 aromatic carbocycles. The first-order valence-electron chi connectivity index (χ1n) is 11.8. The van der Waals surface area contributed by atoms with Crippen LogP contribution in [0.5, 0.6) is 0 Å². The molecule has 0 radical (unpaired) electrons. The van der Waals surface area contributed by atoms with Gasteiger partial charge in [-0.3, -0.25) is 4.72 Å². The molecule has 0 bridgehead atoms. The van der Waals surface area contributed by atoms with E-state index in [0.717, 1.165) is 0 Å². The number of aromatic amines is 1. The molecule has 0 fully saturated rings. The number of nitrogens with zero attached hydrogens (tertiary/aromatic N) is 4. The summed E-state index contributed by atoms with van der Waals surface area (Å²) in [5, 5.41) is 0.768. The molecule has 37 heavy (non-hydrogen) atoms. The second-order valence-electron chi connectivity index (χ2n) is 7.97. The summed E-state index contributed by atoms with van der Waals surface area (Å²) in [6.45, 7) is 9.47. The van der Waals surface area contributed by atoms with Gasteiger partial charge in [-0.25, -0.2) is 32.9 Å². The Morgan fingerprint density at radius 2 is 1.86 bits per heavy atom. The lowest BCUT2D eigenvalue weighted by atomic mass is 9.97. The molecule has 198 valence electrons. The largest absolute Gasteiger partial charge is 0.359 e. The van der Waals surface area contributed by atoms with E-state index < -0.39 is 29.8 Å². The van der Waals surface area contributed by atoms with Crippen molar-refractivity contribution in [2.24, 2.45) is 0 Å². The van der Waals surface area contributed by atoms with E-state index in [2.05, 4.69) is 29.6 Å².